The van der Waals surface area contributed by atoms with Crippen molar-refractivity contribution >= 4 is 12.0 Å². The molecule has 3 aliphatic rings. The fraction of sp³-hybridized carbons (Fsp3) is 0.559. The Morgan fingerprint density at radius 3 is 2.11 bits per heavy atom. The number of hydrogen-bond acceptors (Lipinski definition) is 19. The number of carbonyl (C=O) groups is 1. The Morgan fingerprint density at radius 2 is 1.42 bits per heavy atom. The van der Waals surface area contributed by atoms with Crippen molar-refractivity contribution in [1.82, 2.24) is 0 Å². The third kappa shape index (κ3) is 9.72. The van der Waals surface area contributed by atoms with E-state index in [9.17, 15) is 61.0 Å². The lowest BCUT2D eigenvalue weighted by molar-refractivity contribution is -0.362. The lowest BCUT2D eigenvalue weighted by Gasteiger charge is -2.47. The number of carbonyl (C=O) groups excluding carboxylic acids is 1. The van der Waals surface area contributed by atoms with Crippen LogP contribution in [0.4, 0.5) is 0 Å². The monoisotopic (exact) mass is 756 g/mol. The molecule has 0 radical (unpaired) electrons. The Labute approximate surface area is 302 Å². The molecule has 5 rings (SSSR count). The molecule has 3 saturated heterocycles. The maximum Gasteiger partial charge on any atom is 0.331 e. The predicted molar refractivity (Wildman–Crippen MR) is 174 cm³/mol. The molecule has 0 spiro atoms. The zero-order valence-corrected chi connectivity index (χ0v) is 28.2. The van der Waals surface area contributed by atoms with Gasteiger partial charge in [-0.1, -0.05) is 12.1 Å². The Bertz CT molecular complexity index is 1560. The summed E-state index contributed by atoms with van der Waals surface area (Å²) in [7, 11) is 0. The molecule has 294 valence electrons. The van der Waals surface area contributed by atoms with Crippen LogP contribution >= 0.6 is 0 Å². The second kappa shape index (κ2) is 17.6. The summed E-state index contributed by atoms with van der Waals surface area (Å²) in [6.45, 7) is 0.237. The van der Waals surface area contributed by atoms with Gasteiger partial charge >= 0.3 is 5.97 Å². The molecule has 19 heteroatoms. The van der Waals surface area contributed by atoms with Gasteiger partial charge in [-0.05, 0) is 54.8 Å². The summed E-state index contributed by atoms with van der Waals surface area (Å²) >= 11 is 0. The number of aliphatic hydroxyl groups is 7. The maximum atomic E-state index is 13.2. The number of phenols is 4. The molecule has 0 saturated carbocycles. The highest BCUT2D eigenvalue weighted by Crippen LogP contribution is 2.33. The Hall–Kier alpha value is -3.67. The minimum absolute atomic E-state index is 0.136. The first-order valence-corrected chi connectivity index (χ1v) is 16.6. The van der Waals surface area contributed by atoms with Crippen LogP contribution in [-0.2, 0) is 44.4 Å². The molecule has 5 unspecified atom stereocenters. The van der Waals surface area contributed by atoms with Crippen molar-refractivity contribution in [2.24, 2.45) is 0 Å². The third-order valence-corrected chi connectivity index (χ3v) is 8.97. The molecule has 3 fully saturated rings. The molecule has 0 bridgehead atoms. The topological polar surface area (TPSA) is 304 Å². The first-order chi connectivity index (χ1) is 25.1. The van der Waals surface area contributed by atoms with Crippen molar-refractivity contribution in [3.63, 3.8) is 0 Å². The van der Waals surface area contributed by atoms with Crippen molar-refractivity contribution in [2.75, 3.05) is 19.8 Å². The van der Waals surface area contributed by atoms with Gasteiger partial charge in [-0.2, -0.15) is 0 Å². The number of aromatic hydroxyl groups is 4. The summed E-state index contributed by atoms with van der Waals surface area (Å²) in [4.78, 5) is 13.2. The van der Waals surface area contributed by atoms with Crippen LogP contribution in [0.15, 0.2) is 42.5 Å². The molecule has 2 aromatic carbocycles. The van der Waals surface area contributed by atoms with Crippen LogP contribution in [-0.4, -0.2) is 168 Å². The molecule has 19 nitrogen and oxygen atoms in total. The zero-order chi connectivity index (χ0) is 38.6. The van der Waals surface area contributed by atoms with Crippen molar-refractivity contribution in [3.05, 3.63) is 53.6 Å². The van der Waals surface area contributed by atoms with Crippen LogP contribution in [0.5, 0.6) is 23.0 Å². The van der Waals surface area contributed by atoms with Gasteiger partial charge in [-0.15, -0.1) is 0 Å². The summed E-state index contributed by atoms with van der Waals surface area (Å²) in [5.74, 6) is -2.62. The van der Waals surface area contributed by atoms with Crippen LogP contribution in [0, 0.1) is 0 Å². The molecule has 2 aromatic rings. The van der Waals surface area contributed by atoms with E-state index < -0.39 is 117 Å². The van der Waals surface area contributed by atoms with Crippen LogP contribution < -0.4 is 0 Å². The second-order valence-electron chi connectivity index (χ2n) is 12.8. The fourth-order valence-electron chi connectivity index (χ4n) is 5.86. The quantitative estimate of drug-likeness (QED) is 0.0603. The largest absolute Gasteiger partial charge is 0.504 e. The molecule has 0 aromatic heterocycles. The van der Waals surface area contributed by atoms with E-state index in [1.807, 2.05) is 0 Å². The summed E-state index contributed by atoms with van der Waals surface area (Å²) in [5, 5.41) is 112. The number of aliphatic hydroxyl groups excluding tert-OH is 7. The number of phenolic OH excluding ortho intramolecular Hbond substituents is 4. The first kappa shape index (κ1) is 40.5. The van der Waals surface area contributed by atoms with E-state index in [-0.39, 0.29) is 30.1 Å². The SMILES string of the molecule is CC1O[C@@H](OC2[C@@H](OC(=O)/C=C/c3ccc(O)c(O)c3)C(CO[C@@H]3OC[C@@H](O)C(O)[C@@H]3O)O[C@@H](OCCc3ccc(O)c(O)c3)[C@H]2O)[C@@H](O)C(O)[C@H]1O. The van der Waals surface area contributed by atoms with Crippen molar-refractivity contribution in [2.45, 2.75) is 99.4 Å². The van der Waals surface area contributed by atoms with Crippen molar-refractivity contribution in [1.29, 1.82) is 0 Å². The van der Waals surface area contributed by atoms with Gasteiger partial charge in [0.25, 0.3) is 0 Å². The van der Waals surface area contributed by atoms with Crippen molar-refractivity contribution in [3.8, 4) is 23.0 Å². The van der Waals surface area contributed by atoms with Gasteiger partial charge in [-0.3, -0.25) is 0 Å². The number of hydrogen-bond donors (Lipinski definition) is 11. The van der Waals surface area contributed by atoms with Crippen LogP contribution in [0.1, 0.15) is 18.1 Å². The van der Waals surface area contributed by atoms with Gasteiger partial charge in [0.15, 0.2) is 48.0 Å². The fourth-order valence-corrected chi connectivity index (χ4v) is 5.86. The number of benzene rings is 2. The molecular weight excluding hydrogens is 712 g/mol. The minimum atomic E-state index is -1.86. The van der Waals surface area contributed by atoms with Gasteiger partial charge in [0.1, 0.15) is 54.9 Å². The molecule has 3 heterocycles. The summed E-state index contributed by atoms with van der Waals surface area (Å²) in [5.41, 5.74) is 0.813. The molecule has 0 amide bonds. The summed E-state index contributed by atoms with van der Waals surface area (Å²) < 4.78 is 40.1. The van der Waals surface area contributed by atoms with Gasteiger partial charge in [0.05, 0.1) is 25.9 Å². The van der Waals surface area contributed by atoms with Gasteiger partial charge in [0, 0.05) is 6.08 Å². The Kier molecular flexibility index (Phi) is 13.5. The summed E-state index contributed by atoms with van der Waals surface area (Å²) in [6, 6.07) is 7.83. The highest BCUT2D eigenvalue weighted by atomic mass is 16.8. The lowest BCUT2D eigenvalue weighted by atomic mass is 9.96. The molecule has 53 heavy (non-hydrogen) atoms. The maximum absolute atomic E-state index is 13.2. The predicted octanol–water partition coefficient (Wildman–Crippen LogP) is -2.55. The van der Waals surface area contributed by atoms with E-state index in [1.165, 1.54) is 49.4 Å². The zero-order valence-electron chi connectivity index (χ0n) is 28.2. The van der Waals surface area contributed by atoms with E-state index in [4.69, 9.17) is 33.2 Å². The smallest absolute Gasteiger partial charge is 0.331 e. The Balaban J connectivity index is 1.42. The first-order valence-electron chi connectivity index (χ1n) is 16.6. The molecular formula is C34H44O19. The van der Waals surface area contributed by atoms with Crippen LogP contribution in [0.3, 0.4) is 0 Å². The van der Waals surface area contributed by atoms with E-state index in [2.05, 4.69) is 0 Å². The molecule has 0 aliphatic carbocycles. The highest BCUT2D eigenvalue weighted by molar-refractivity contribution is 5.87. The normalized spacial score (nSPS) is 36.4. The third-order valence-electron chi connectivity index (χ3n) is 8.97. The lowest BCUT2D eigenvalue weighted by Crippen LogP contribution is -2.65. The number of rotatable bonds is 12. The van der Waals surface area contributed by atoms with Crippen LogP contribution in [0.25, 0.3) is 6.08 Å². The number of esters is 1. The van der Waals surface area contributed by atoms with Gasteiger partial charge < -0.3 is 89.3 Å². The molecule has 14 atom stereocenters. The summed E-state index contributed by atoms with van der Waals surface area (Å²) in [6.07, 6.45) is -20.0. The average molecular weight is 757 g/mol. The standard InChI is InChI=1S/C34H44O19/c1-14-24(41)26(43)28(45)34(50-14)53-31-29(46)33(47-9-8-16-3-6-18(36)20(38)11-16)51-22(13-49-32-27(44)25(42)21(39)12-48-32)30(31)52-23(40)7-4-15-2-5-17(35)19(37)10-15/h2-7,10-11,14,21-22,24-39,41-46H,8-9,12-13H2,1H3/b7-4+/t14?,21-,22?,24+,25?,26?,27+,28+,29+,30+,31?,32+,33-,34+/m1/s1. The van der Waals surface area contributed by atoms with Crippen molar-refractivity contribution < 1.29 is 94.1 Å². The van der Waals surface area contributed by atoms with E-state index >= 15 is 0 Å². The number of ether oxygens (including phenoxy) is 7. The van der Waals surface area contributed by atoms with Gasteiger partial charge in [0.2, 0.25) is 0 Å². The molecule has 11 N–H and O–H groups in total. The van der Waals surface area contributed by atoms with E-state index in [1.54, 1.807) is 0 Å². The minimum Gasteiger partial charge on any atom is -0.504 e. The van der Waals surface area contributed by atoms with E-state index in [0.717, 1.165) is 6.08 Å². The van der Waals surface area contributed by atoms with E-state index in [0.29, 0.717) is 5.56 Å². The van der Waals surface area contributed by atoms with Crippen LogP contribution in [0.2, 0.25) is 0 Å². The highest BCUT2D eigenvalue weighted by Gasteiger charge is 2.53. The van der Waals surface area contributed by atoms with Gasteiger partial charge in [-0.25, -0.2) is 4.79 Å². The molecule has 3 aliphatic heterocycles. The average Bonchev–Trinajstić information content (AvgIpc) is 3.13. The second-order valence-corrected chi connectivity index (χ2v) is 12.8. The Morgan fingerprint density at radius 1 is 0.736 bits per heavy atom.